The molecule has 0 aliphatic carbocycles. The number of hydrogen-bond donors (Lipinski definition) is 2. The molecule has 110 valence electrons. The van der Waals surface area contributed by atoms with E-state index in [1.807, 2.05) is 0 Å². The zero-order valence-corrected chi connectivity index (χ0v) is 11.4. The van der Waals surface area contributed by atoms with Gasteiger partial charge >= 0.3 is 11.9 Å². The van der Waals surface area contributed by atoms with Crippen molar-refractivity contribution < 1.29 is 24.5 Å². The first-order valence-electron chi connectivity index (χ1n) is 6.30. The highest BCUT2D eigenvalue weighted by Gasteiger charge is 2.15. The summed E-state index contributed by atoms with van der Waals surface area (Å²) in [6.07, 6.45) is 5.12. The predicted octanol–water partition coefficient (Wildman–Crippen LogP) is 2.76. The molecule has 5 nitrogen and oxygen atoms in total. The van der Waals surface area contributed by atoms with Crippen LogP contribution in [0.3, 0.4) is 0 Å². The van der Waals surface area contributed by atoms with Crippen molar-refractivity contribution in [2.75, 3.05) is 6.61 Å². The number of ether oxygens (including phenoxy) is 1. The van der Waals surface area contributed by atoms with Crippen molar-refractivity contribution in [1.82, 2.24) is 0 Å². The van der Waals surface area contributed by atoms with Crippen molar-refractivity contribution in [1.29, 1.82) is 0 Å². The van der Waals surface area contributed by atoms with Gasteiger partial charge in [-0.25, -0.2) is 9.59 Å². The molecule has 0 radical (unpaired) electrons. The number of aromatic carboxylic acids is 2. The number of rotatable bonds is 5. The molecule has 0 spiro atoms. The first kappa shape index (κ1) is 15.1. The Morgan fingerprint density at radius 3 is 2.50 bits per heavy atom. The third-order valence-electron chi connectivity index (χ3n) is 2.96. The molecule has 2 aromatic rings. The molecule has 0 aromatic heterocycles. The van der Waals surface area contributed by atoms with Gasteiger partial charge in [0.2, 0.25) is 0 Å². The second kappa shape index (κ2) is 6.46. The fourth-order valence-electron chi connectivity index (χ4n) is 1.98. The third kappa shape index (κ3) is 3.25. The summed E-state index contributed by atoms with van der Waals surface area (Å²) in [6.45, 7) is 0.0877. The summed E-state index contributed by atoms with van der Waals surface area (Å²) in [5, 5.41) is 18.3. The molecule has 2 N–H and O–H groups in total. The van der Waals surface area contributed by atoms with Gasteiger partial charge in [0.1, 0.15) is 12.4 Å². The lowest BCUT2D eigenvalue weighted by atomic mass is 9.97. The Morgan fingerprint density at radius 2 is 1.86 bits per heavy atom. The van der Waals surface area contributed by atoms with Crippen LogP contribution in [-0.2, 0) is 0 Å². The van der Waals surface area contributed by atoms with Crippen LogP contribution < -0.4 is 4.74 Å². The van der Waals surface area contributed by atoms with Crippen LogP contribution in [0.15, 0.2) is 42.5 Å². The van der Waals surface area contributed by atoms with Gasteiger partial charge in [-0.05, 0) is 41.5 Å². The molecular formula is C17H12O5. The summed E-state index contributed by atoms with van der Waals surface area (Å²) in [7, 11) is 0. The highest BCUT2D eigenvalue weighted by Crippen LogP contribution is 2.28. The van der Waals surface area contributed by atoms with E-state index < -0.39 is 11.9 Å². The molecule has 0 atom stereocenters. The Morgan fingerprint density at radius 1 is 1.09 bits per heavy atom. The summed E-state index contributed by atoms with van der Waals surface area (Å²) in [4.78, 5) is 22.4. The maximum Gasteiger partial charge on any atom is 0.336 e. The van der Waals surface area contributed by atoms with Gasteiger partial charge in [-0.3, -0.25) is 0 Å². The smallest absolute Gasteiger partial charge is 0.336 e. The van der Waals surface area contributed by atoms with Gasteiger partial charge in [0.25, 0.3) is 0 Å². The fourth-order valence-corrected chi connectivity index (χ4v) is 1.98. The molecule has 0 aliphatic heterocycles. The summed E-state index contributed by atoms with van der Waals surface area (Å²) in [5.41, 5.74) is 0.864. The van der Waals surface area contributed by atoms with Crippen molar-refractivity contribution in [3.63, 3.8) is 0 Å². The van der Waals surface area contributed by atoms with E-state index in [0.29, 0.717) is 16.9 Å². The van der Waals surface area contributed by atoms with Crippen LogP contribution >= 0.6 is 0 Å². The molecule has 0 amide bonds. The summed E-state index contributed by atoms with van der Waals surface area (Å²) in [6, 6.07) is 10.5. The van der Waals surface area contributed by atoms with Gasteiger partial charge in [-0.2, -0.15) is 0 Å². The summed E-state index contributed by atoms with van der Waals surface area (Å²) < 4.78 is 5.30. The molecule has 22 heavy (non-hydrogen) atoms. The van der Waals surface area contributed by atoms with Crippen molar-refractivity contribution in [2.24, 2.45) is 0 Å². The van der Waals surface area contributed by atoms with Crippen LogP contribution in [0, 0.1) is 12.3 Å². The minimum absolute atomic E-state index is 0.00921. The first-order chi connectivity index (χ1) is 10.5. The largest absolute Gasteiger partial charge is 0.481 e. The SMILES string of the molecule is C#CCOc1cccc(-c2cc(C(=O)O)ccc2C(=O)O)c1. The Labute approximate surface area is 126 Å². The van der Waals surface area contributed by atoms with Crippen LogP contribution in [0.5, 0.6) is 5.75 Å². The second-order valence-corrected chi connectivity index (χ2v) is 4.39. The van der Waals surface area contributed by atoms with Crippen LogP contribution in [0.2, 0.25) is 0 Å². The number of terminal acetylenes is 1. The molecule has 2 aromatic carbocycles. The van der Waals surface area contributed by atoms with Crippen molar-refractivity contribution in [3.8, 4) is 29.2 Å². The average Bonchev–Trinajstić information content (AvgIpc) is 2.52. The van der Waals surface area contributed by atoms with Crippen molar-refractivity contribution in [3.05, 3.63) is 53.6 Å². The molecule has 0 heterocycles. The van der Waals surface area contributed by atoms with Crippen molar-refractivity contribution >= 4 is 11.9 Å². The molecule has 2 rings (SSSR count). The Balaban J connectivity index is 2.54. The van der Waals surface area contributed by atoms with Gasteiger partial charge in [0.05, 0.1) is 11.1 Å². The van der Waals surface area contributed by atoms with Gasteiger partial charge in [-0.1, -0.05) is 18.1 Å². The highest BCUT2D eigenvalue weighted by atomic mass is 16.5. The standard InChI is InChI=1S/C17H12O5/c1-2-8-22-13-5-3-4-11(9-13)15-10-12(16(18)19)6-7-14(15)17(20)21/h1,3-7,9-10H,8H2,(H,18,19)(H,20,21). The molecule has 0 saturated heterocycles. The zero-order chi connectivity index (χ0) is 16.1. The first-order valence-corrected chi connectivity index (χ1v) is 6.30. The minimum atomic E-state index is -1.14. The van der Waals surface area contributed by atoms with Crippen LogP contribution in [0.4, 0.5) is 0 Å². The van der Waals surface area contributed by atoms with Crippen molar-refractivity contribution in [2.45, 2.75) is 0 Å². The molecule has 0 saturated carbocycles. The maximum atomic E-state index is 11.3. The van der Waals surface area contributed by atoms with E-state index >= 15 is 0 Å². The summed E-state index contributed by atoms with van der Waals surface area (Å²) >= 11 is 0. The minimum Gasteiger partial charge on any atom is -0.481 e. The van der Waals surface area contributed by atoms with Gasteiger partial charge < -0.3 is 14.9 Å². The van der Waals surface area contributed by atoms with E-state index in [0.717, 1.165) is 0 Å². The quantitative estimate of drug-likeness (QED) is 0.829. The van der Waals surface area contributed by atoms with E-state index in [2.05, 4.69) is 5.92 Å². The van der Waals surface area contributed by atoms with E-state index in [1.54, 1.807) is 24.3 Å². The summed E-state index contributed by atoms with van der Waals surface area (Å²) in [5.74, 6) is 0.550. The predicted molar refractivity (Wildman–Crippen MR) is 80.1 cm³/mol. The number of benzene rings is 2. The number of carboxylic acid groups (broad SMARTS) is 2. The van der Waals surface area contributed by atoms with Gasteiger partial charge in [-0.15, -0.1) is 6.42 Å². The fraction of sp³-hybridized carbons (Fsp3) is 0.0588. The molecule has 5 heteroatoms. The highest BCUT2D eigenvalue weighted by molar-refractivity contribution is 5.99. The maximum absolute atomic E-state index is 11.3. The zero-order valence-electron chi connectivity index (χ0n) is 11.4. The van der Waals surface area contributed by atoms with E-state index in [-0.39, 0.29) is 17.7 Å². The number of carbonyl (C=O) groups is 2. The third-order valence-corrected chi connectivity index (χ3v) is 2.96. The Bertz CT molecular complexity index is 771. The normalized spacial score (nSPS) is 9.77. The lowest BCUT2D eigenvalue weighted by Crippen LogP contribution is -2.03. The van der Waals surface area contributed by atoms with Crippen LogP contribution in [0.25, 0.3) is 11.1 Å². The van der Waals surface area contributed by atoms with E-state index in [1.165, 1.54) is 18.2 Å². The van der Waals surface area contributed by atoms with E-state index in [4.69, 9.17) is 16.3 Å². The topological polar surface area (TPSA) is 83.8 Å². The second-order valence-electron chi connectivity index (χ2n) is 4.39. The van der Waals surface area contributed by atoms with Crippen LogP contribution in [0.1, 0.15) is 20.7 Å². The Hall–Kier alpha value is -3.26. The lowest BCUT2D eigenvalue weighted by Gasteiger charge is -2.10. The molecule has 0 unspecified atom stereocenters. The molecule has 0 bridgehead atoms. The van der Waals surface area contributed by atoms with E-state index in [9.17, 15) is 14.7 Å². The average molecular weight is 296 g/mol. The van der Waals surface area contributed by atoms with Crippen LogP contribution in [-0.4, -0.2) is 28.8 Å². The molecule has 0 fully saturated rings. The lowest BCUT2D eigenvalue weighted by molar-refractivity contribution is 0.0682. The van der Waals surface area contributed by atoms with Gasteiger partial charge in [0.15, 0.2) is 0 Å². The number of hydrogen-bond acceptors (Lipinski definition) is 3. The molecule has 0 aliphatic rings. The molecular weight excluding hydrogens is 284 g/mol. The number of carboxylic acids is 2. The van der Waals surface area contributed by atoms with Gasteiger partial charge in [0, 0.05) is 0 Å². The Kier molecular flexibility index (Phi) is 4.44. The monoisotopic (exact) mass is 296 g/mol.